The van der Waals surface area contributed by atoms with Crippen LogP contribution in [0.5, 0.6) is 0 Å². The van der Waals surface area contributed by atoms with Gasteiger partial charge in [-0.2, -0.15) is 0 Å². The van der Waals surface area contributed by atoms with Crippen LogP contribution in [-0.2, 0) is 4.74 Å². The summed E-state index contributed by atoms with van der Waals surface area (Å²) in [5.41, 5.74) is 7.51. The molecule has 1 unspecified atom stereocenters. The van der Waals surface area contributed by atoms with Gasteiger partial charge in [0.25, 0.3) is 0 Å². The van der Waals surface area contributed by atoms with Crippen molar-refractivity contribution in [1.82, 2.24) is 19.8 Å². The third kappa shape index (κ3) is 8.26. The molecular formula is C25H37N5O2. The Morgan fingerprint density at radius 2 is 1.97 bits per heavy atom. The van der Waals surface area contributed by atoms with E-state index in [0.717, 1.165) is 30.5 Å². The number of allylic oxidation sites excluding steroid dienone is 2. The number of ether oxygens (including phenoxy) is 1. The average Bonchev–Trinajstić information content (AvgIpc) is 2.74. The molecule has 174 valence electrons. The van der Waals surface area contributed by atoms with Crippen molar-refractivity contribution in [2.45, 2.75) is 59.5 Å². The Morgan fingerprint density at radius 3 is 2.56 bits per heavy atom. The van der Waals surface area contributed by atoms with E-state index in [9.17, 15) is 4.79 Å². The van der Waals surface area contributed by atoms with Crippen LogP contribution in [0.4, 0.5) is 10.7 Å². The highest BCUT2D eigenvalue weighted by Crippen LogP contribution is 2.20. The standard InChI is InChI=1S/C25H37N5O2/c1-7-19(2)9-8-10-21(11-12-22-13-14-27-23(26)28-22)20(3)29-15-17-30(18-16-29)24(31)32-25(4,5)6/h10,13-14,19H,3,7-9,15-18H2,1-2,4-6H3,(H2,26,27,28)/b21-10-. The molecular weight excluding hydrogens is 402 g/mol. The molecule has 2 rings (SSSR count). The van der Waals surface area contributed by atoms with Crippen molar-refractivity contribution in [3.05, 3.63) is 41.9 Å². The lowest BCUT2D eigenvalue weighted by Gasteiger charge is -2.37. The molecule has 0 aliphatic carbocycles. The first-order chi connectivity index (χ1) is 15.1. The molecule has 1 amide bonds. The van der Waals surface area contributed by atoms with Gasteiger partial charge in [-0.25, -0.2) is 14.8 Å². The molecule has 1 aliphatic heterocycles. The molecule has 32 heavy (non-hydrogen) atoms. The van der Waals surface area contributed by atoms with Crippen molar-refractivity contribution in [3.63, 3.8) is 0 Å². The van der Waals surface area contributed by atoms with E-state index in [-0.39, 0.29) is 12.0 Å². The zero-order valence-corrected chi connectivity index (χ0v) is 20.1. The number of aromatic nitrogens is 2. The molecule has 0 aromatic carbocycles. The van der Waals surface area contributed by atoms with E-state index in [2.05, 4.69) is 53.2 Å². The van der Waals surface area contributed by atoms with E-state index in [0.29, 0.717) is 37.8 Å². The predicted molar refractivity (Wildman–Crippen MR) is 129 cm³/mol. The second kappa shape index (κ2) is 11.6. The Labute approximate surface area is 192 Å². The monoisotopic (exact) mass is 439 g/mol. The number of nitrogen functional groups attached to an aromatic ring is 1. The first-order valence-electron chi connectivity index (χ1n) is 11.3. The van der Waals surface area contributed by atoms with E-state index in [4.69, 9.17) is 10.5 Å². The van der Waals surface area contributed by atoms with Gasteiger partial charge in [-0.3, -0.25) is 0 Å². The molecule has 2 N–H and O–H groups in total. The fourth-order valence-electron chi connectivity index (χ4n) is 3.19. The summed E-state index contributed by atoms with van der Waals surface area (Å²) in [4.78, 5) is 24.4. The van der Waals surface area contributed by atoms with Gasteiger partial charge in [-0.1, -0.05) is 38.8 Å². The minimum Gasteiger partial charge on any atom is -0.444 e. The van der Waals surface area contributed by atoms with Crippen LogP contribution in [0.3, 0.4) is 0 Å². The number of anilines is 1. The number of amides is 1. The Morgan fingerprint density at radius 1 is 1.31 bits per heavy atom. The predicted octanol–water partition coefficient (Wildman–Crippen LogP) is 4.23. The van der Waals surface area contributed by atoms with Crippen molar-refractivity contribution in [2.75, 3.05) is 31.9 Å². The summed E-state index contributed by atoms with van der Waals surface area (Å²) in [7, 11) is 0. The van der Waals surface area contributed by atoms with Gasteiger partial charge in [0.1, 0.15) is 11.3 Å². The van der Waals surface area contributed by atoms with E-state index in [1.807, 2.05) is 20.8 Å². The minimum atomic E-state index is -0.497. The topological polar surface area (TPSA) is 84.6 Å². The quantitative estimate of drug-likeness (QED) is 0.527. The Hall–Kier alpha value is -3.01. The SMILES string of the molecule is C=C(/C(C#Cc1ccnc(N)n1)=C\CCC(C)CC)N1CCN(C(=O)OC(C)(C)C)CC1. The van der Waals surface area contributed by atoms with Gasteiger partial charge >= 0.3 is 6.09 Å². The summed E-state index contributed by atoms with van der Waals surface area (Å²) >= 11 is 0. The molecule has 2 heterocycles. The van der Waals surface area contributed by atoms with Gasteiger partial charge < -0.3 is 20.3 Å². The van der Waals surface area contributed by atoms with Crippen LogP contribution < -0.4 is 5.73 Å². The zero-order valence-electron chi connectivity index (χ0n) is 20.1. The number of nitrogens with zero attached hydrogens (tertiary/aromatic N) is 4. The smallest absolute Gasteiger partial charge is 0.410 e. The molecule has 0 bridgehead atoms. The molecule has 1 atom stereocenters. The summed E-state index contributed by atoms with van der Waals surface area (Å²) in [5, 5.41) is 0. The van der Waals surface area contributed by atoms with Crippen molar-refractivity contribution in [1.29, 1.82) is 0 Å². The van der Waals surface area contributed by atoms with Crippen LogP contribution in [0.15, 0.2) is 36.2 Å². The normalized spacial score (nSPS) is 15.6. The highest BCUT2D eigenvalue weighted by molar-refractivity contribution is 5.68. The third-order valence-electron chi connectivity index (χ3n) is 5.33. The lowest BCUT2D eigenvalue weighted by Crippen LogP contribution is -2.49. The highest BCUT2D eigenvalue weighted by atomic mass is 16.6. The van der Waals surface area contributed by atoms with Gasteiger partial charge in [-0.05, 0) is 51.5 Å². The van der Waals surface area contributed by atoms with E-state index < -0.39 is 5.60 Å². The molecule has 1 aromatic rings. The lowest BCUT2D eigenvalue weighted by atomic mass is 10.0. The number of nitrogens with two attached hydrogens (primary N) is 1. The van der Waals surface area contributed by atoms with Gasteiger partial charge in [-0.15, -0.1) is 0 Å². The fraction of sp³-hybridized carbons (Fsp3) is 0.560. The number of hydrogen-bond donors (Lipinski definition) is 1. The fourth-order valence-corrected chi connectivity index (χ4v) is 3.19. The molecule has 1 aromatic heterocycles. The van der Waals surface area contributed by atoms with Crippen LogP contribution in [0.25, 0.3) is 0 Å². The van der Waals surface area contributed by atoms with Crippen LogP contribution in [0.1, 0.15) is 59.6 Å². The number of piperazine rings is 1. The molecule has 1 fully saturated rings. The molecule has 0 saturated carbocycles. The Kier molecular flexibility index (Phi) is 9.13. The van der Waals surface area contributed by atoms with Gasteiger partial charge in [0.2, 0.25) is 5.95 Å². The maximum absolute atomic E-state index is 12.4. The van der Waals surface area contributed by atoms with Gasteiger partial charge in [0.15, 0.2) is 0 Å². The number of carbonyl (C=O) groups excluding carboxylic acids is 1. The van der Waals surface area contributed by atoms with Crippen LogP contribution in [-0.4, -0.2) is 57.6 Å². The summed E-state index contributed by atoms with van der Waals surface area (Å²) in [6.45, 7) is 17.0. The second-order valence-electron chi connectivity index (χ2n) is 9.16. The molecule has 1 saturated heterocycles. The van der Waals surface area contributed by atoms with Crippen molar-refractivity contribution in [2.24, 2.45) is 5.92 Å². The molecule has 7 nitrogen and oxygen atoms in total. The molecule has 0 radical (unpaired) electrons. The summed E-state index contributed by atoms with van der Waals surface area (Å²) in [5.74, 6) is 7.19. The second-order valence-corrected chi connectivity index (χ2v) is 9.16. The van der Waals surface area contributed by atoms with Crippen molar-refractivity contribution in [3.8, 4) is 11.8 Å². The van der Waals surface area contributed by atoms with Gasteiger partial charge in [0.05, 0.1) is 0 Å². The van der Waals surface area contributed by atoms with Crippen molar-refractivity contribution < 1.29 is 9.53 Å². The highest BCUT2D eigenvalue weighted by Gasteiger charge is 2.26. The van der Waals surface area contributed by atoms with Gasteiger partial charge in [0, 0.05) is 43.6 Å². The number of rotatable bonds is 6. The molecule has 0 spiro atoms. The van der Waals surface area contributed by atoms with Crippen molar-refractivity contribution >= 4 is 12.0 Å². The number of hydrogen-bond acceptors (Lipinski definition) is 6. The van der Waals surface area contributed by atoms with Crippen LogP contribution in [0, 0.1) is 17.8 Å². The summed E-state index contributed by atoms with van der Waals surface area (Å²) in [6.07, 6.45) is 6.68. The van der Waals surface area contributed by atoms with E-state index >= 15 is 0 Å². The van der Waals surface area contributed by atoms with E-state index in [1.54, 1.807) is 17.2 Å². The molecule has 1 aliphatic rings. The summed E-state index contributed by atoms with van der Waals surface area (Å²) in [6, 6.07) is 1.74. The average molecular weight is 440 g/mol. The Bertz CT molecular complexity index is 884. The lowest BCUT2D eigenvalue weighted by molar-refractivity contribution is 0.0171. The van der Waals surface area contributed by atoms with Crippen LogP contribution in [0.2, 0.25) is 0 Å². The zero-order chi connectivity index (χ0) is 23.7. The van der Waals surface area contributed by atoms with E-state index in [1.165, 1.54) is 0 Å². The maximum Gasteiger partial charge on any atom is 0.410 e. The Balaban J connectivity index is 2.09. The van der Waals surface area contributed by atoms with Crippen LogP contribution >= 0.6 is 0 Å². The number of carbonyl (C=O) groups is 1. The summed E-state index contributed by atoms with van der Waals surface area (Å²) < 4.78 is 5.49. The minimum absolute atomic E-state index is 0.205. The third-order valence-corrected chi connectivity index (χ3v) is 5.33. The first kappa shape index (κ1) is 25.3. The largest absolute Gasteiger partial charge is 0.444 e. The first-order valence-corrected chi connectivity index (χ1v) is 11.3. The molecule has 7 heteroatoms. The maximum atomic E-state index is 12.4.